The number of benzene rings is 1. The van der Waals surface area contributed by atoms with Crippen LogP contribution in [0.2, 0.25) is 0 Å². The number of nitrogens with one attached hydrogen (secondary N) is 2. The Morgan fingerprint density at radius 3 is 2.67 bits per heavy atom. The molecule has 0 heterocycles. The number of carbonyl (C=O) groups excluding carboxylic acids is 1. The summed E-state index contributed by atoms with van der Waals surface area (Å²) in [5.41, 5.74) is 6.21. The van der Waals surface area contributed by atoms with Gasteiger partial charge in [0.15, 0.2) is 0 Å². The first kappa shape index (κ1) is 11.5. The smallest absolute Gasteiger partial charge is 0.367 e. The van der Waals surface area contributed by atoms with E-state index in [4.69, 9.17) is 17.0 Å². The predicted octanol–water partition coefficient (Wildman–Crippen LogP) is 1.49. The second kappa shape index (κ2) is 5.98. The molecule has 0 radical (unpaired) electrons. The first-order valence-electron chi connectivity index (χ1n) is 4.52. The van der Waals surface area contributed by atoms with Gasteiger partial charge in [-0.2, -0.15) is 0 Å². The van der Waals surface area contributed by atoms with Gasteiger partial charge in [0.1, 0.15) is 0 Å². The SMILES string of the molecule is CCOC(=O)C(=S)NNc1ccccc1. The third kappa shape index (κ3) is 3.95. The van der Waals surface area contributed by atoms with Gasteiger partial charge in [0.2, 0.25) is 4.99 Å². The Balaban J connectivity index is 2.38. The number of thiocarbonyl (C=S) groups is 1. The molecule has 0 aromatic heterocycles. The highest BCUT2D eigenvalue weighted by Crippen LogP contribution is 2.02. The molecular weight excluding hydrogens is 212 g/mol. The average molecular weight is 224 g/mol. The van der Waals surface area contributed by atoms with Gasteiger partial charge in [-0.15, -0.1) is 0 Å². The number of hydrogen-bond donors (Lipinski definition) is 2. The molecule has 1 aromatic carbocycles. The Bertz CT molecular complexity index is 341. The molecule has 0 saturated heterocycles. The molecule has 0 aliphatic heterocycles. The Hall–Kier alpha value is -1.62. The lowest BCUT2D eigenvalue weighted by atomic mass is 10.3. The van der Waals surface area contributed by atoms with Crippen molar-refractivity contribution >= 4 is 28.9 Å². The Morgan fingerprint density at radius 1 is 1.40 bits per heavy atom. The minimum absolute atomic E-state index is 0.0145. The maximum Gasteiger partial charge on any atom is 0.367 e. The van der Waals surface area contributed by atoms with Crippen molar-refractivity contribution in [1.82, 2.24) is 5.43 Å². The van der Waals surface area contributed by atoms with Crippen LogP contribution in [-0.4, -0.2) is 17.6 Å². The maximum atomic E-state index is 11.1. The van der Waals surface area contributed by atoms with Crippen LogP contribution in [0.3, 0.4) is 0 Å². The molecule has 0 aliphatic rings. The van der Waals surface area contributed by atoms with E-state index in [1.165, 1.54) is 0 Å². The summed E-state index contributed by atoms with van der Waals surface area (Å²) >= 11 is 4.79. The normalized spacial score (nSPS) is 9.13. The molecular formula is C10H12N2O2S. The standard InChI is InChI=1S/C10H12N2O2S/c1-2-14-10(13)9(15)12-11-8-6-4-3-5-7-8/h3-7,11H,2H2,1H3,(H,12,15). The molecule has 0 atom stereocenters. The van der Waals surface area contributed by atoms with Gasteiger partial charge < -0.3 is 4.74 Å². The zero-order valence-corrected chi connectivity index (χ0v) is 9.14. The second-order valence-corrected chi connectivity index (χ2v) is 3.07. The molecule has 0 amide bonds. The van der Waals surface area contributed by atoms with E-state index in [-0.39, 0.29) is 4.99 Å². The van der Waals surface area contributed by atoms with Crippen LogP contribution in [0.5, 0.6) is 0 Å². The van der Waals surface area contributed by atoms with E-state index in [1.807, 2.05) is 30.3 Å². The van der Waals surface area contributed by atoms with E-state index < -0.39 is 5.97 Å². The molecule has 1 aromatic rings. The molecule has 0 spiro atoms. The number of anilines is 1. The highest BCUT2D eigenvalue weighted by molar-refractivity contribution is 7.81. The number of hydrogen-bond acceptors (Lipinski definition) is 4. The Labute approximate surface area is 93.6 Å². The lowest BCUT2D eigenvalue weighted by Gasteiger charge is -2.09. The lowest BCUT2D eigenvalue weighted by molar-refractivity contribution is -0.135. The number of carbonyl (C=O) groups is 1. The molecule has 80 valence electrons. The zero-order valence-electron chi connectivity index (χ0n) is 8.32. The van der Waals surface area contributed by atoms with Crippen LogP contribution in [-0.2, 0) is 9.53 Å². The summed E-state index contributed by atoms with van der Waals surface area (Å²) in [6.07, 6.45) is 0. The highest BCUT2D eigenvalue weighted by Gasteiger charge is 2.08. The third-order valence-corrected chi connectivity index (χ3v) is 1.82. The summed E-state index contributed by atoms with van der Waals surface area (Å²) in [5.74, 6) is -0.532. The van der Waals surface area contributed by atoms with Crippen LogP contribution in [0.4, 0.5) is 5.69 Å². The van der Waals surface area contributed by atoms with Crippen molar-refractivity contribution in [3.63, 3.8) is 0 Å². The van der Waals surface area contributed by atoms with Crippen molar-refractivity contribution in [1.29, 1.82) is 0 Å². The fraction of sp³-hybridized carbons (Fsp3) is 0.200. The number of ether oxygens (including phenoxy) is 1. The summed E-state index contributed by atoms with van der Waals surface area (Å²) < 4.78 is 4.71. The summed E-state index contributed by atoms with van der Waals surface area (Å²) in [6.45, 7) is 2.04. The van der Waals surface area contributed by atoms with E-state index in [0.29, 0.717) is 6.61 Å². The van der Waals surface area contributed by atoms with Crippen molar-refractivity contribution < 1.29 is 9.53 Å². The number of para-hydroxylation sites is 1. The first-order chi connectivity index (χ1) is 7.24. The Morgan fingerprint density at radius 2 is 2.07 bits per heavy atom. The molecule has 5 heteroatoms. The van der Waals surface area contributed by atoms with E-state index in [0.717, 1.165) is 5.69 Å². The molecule has 2 N–H and O–H groups in total. The van der Waals surface area contributed by atoms with Crippen molar-refractivity contribution in [3.8, 4) is 0 Å². The molecule has 15 heavy (non-hydrogen) atoms. The fourth-order valence-electron chi connectivity index (χ4n) is 0.898. The van der Waals surface area contributed by atoms with Gasteiger partial charge in [-0.3, -0.25) is 10.9 Å². The van der Waals surface area contributed by atoms with Crippen LogP contribution in [0, 0.1) is 0 Å². The summed E-state index contributed by atoms with van der Waals surface area (Å²) in [6, 6.07) is 9.34. The van der Waals surface area contributed by atoms with E-state index in [9.17, 15) is 4.79 Å². The zero-order chi connectivity index (χ0) is 11.1. The van der Waals surface area contributed by atoms with Gasteiger partial charge in [-0.05, 0) is 19.1 Å². The van der Waals surface area contributed by atoms with Gasteiger partial charge in [0, 0.05) is 0 Å². The third-order valence-electron chi connectivity index (χ3n) is 1.55. The predicted molar refractivity (Wildman–Crippen MR) is 62.4 cm³/mol. The average Bonchev–Trinajstić information content (AvgIpc) is 2.27. The van der Waals surface area contributed by atoms with Gasteiger partial charge >= 0.3 is 5.97 Å². The monoisotopic (exact) mass is 224 g/mol. The van der Waals surface area contributed by atoms with Crippen LogP contribution in [0.1, 0.15) is 6.92 Å². The summed E-state index contributed by atoms with van der Waals surface area (Å²) in [4.78, 5) is 11.1. The first-order valence-corrected chi connectivity index (χ1v) is 4.93. The highest BCUT2D eigenvalue weighted by atomic mass is 32.1. The van der Waals surface area contributed by atoms with Crippen LogP contribution < -0.4 is 10.9 Å². The molecule has 0 bridgehead atoms. The summed E-state index contributed by atoms with van der Waals surface area (Å²) in [5, 5.41) is 0. The van der Waals surface area contributed by atoms with Crippen LogP contribution in [0.15, 0.2) is 30.3 Å². The van der Waals surface area contributed by atoms with E-state index in [2.05, 4.69) is 10.9 Å². The lowest BCUT2D eigenvalue weighted by Crippen LogP contribution is -2.34. The quantitative estimate of drug-likeness (QED) is 0.463. The molecule has 0 unspecified atom stereocenters. The minimum atomic E-state index is -0.532. The summed E-state index contributed by atoms with van der Waals surface area (Å²) in [7, 11) is 0. The van der Waals surface area contributed by atoms with Gasteiger partial charge in [0.25, 0.3) is 0 Å². The largest absolute Gasteiger partial charge is 0.461 e. The maximum absolute atomic E-state index is 11.1. The van der Waals surface area contributed by atoms with Crippen molar-refractivity contribution in [2.75, 3.05) is 12.0 Å². The second-order valence-electron chi connectivity index (χ2n) is 2.67. The number of esters is 1. The molecule has 0 fully saturated rings. The van der Waals surface area contributed by atoms with E-state index >= 15 is 0 Å². The fourth-order valence-corrected chi connectivity index (χ4v) is 1.01. The number of hydrazine groups is 1. The molecule has 4 nitrogen and oxygen atoms in total. The van der Waals surface area contributed by atoms with E-state index in [1.54, 1.807) is 6.92 Å². The Kier molecular flexibility index (Phi) is 4.56. The number of rotatable bonds is 3. The van der Waals surface area contributed by atoms with Crippen LogP contribution in [0.25, 0.3) is 0 Å². The van der Waals surface area contributed by atoms with Crippen LogP contribution >= 0.6 is 12.2 Å². The molecule has 0 aliphatic carbocycles. The molecule has 0 saturated carbocycles. The van der Waals surface area contributed by atoms with Crippen molar-refractivity contribution in [2.45, 2.75) is 6.92 Å². The van der Waals surface area contributed by atoms with Gasteiger partial charge in [-0.25, -0.2) is 4.79 Å². The van der Waals surface area contributed by atoms with Crippen molar-refractivity contribution in [2.24, 2.45) is 0 Å². The van der Waals surface area contributed by atoms with Gasteiger partial charge in [-0.1, -0.05) is 30.4 Å². The topological polar surface area (TPSA) is 50.4 Å². The van der Waals surface area contributed by atoms with Gasteiger partial charge in [0.05, 0.1) is 12.3 Å². The minimum Gasteiger partial charge on any atom is -0.461 e. The molecule has 1 rings (SSSR count). The van der Waals surface area contributed by atoms with Crippen molar-refractivity contribution in [3.05, 3.63) is 30.3 Å².